The van der Waals surface area contributed by atoms with Crippen molar-refractivity contribution in [3.63, 3.8) is 0 Å². The minimum Gasteiger partial charge on any atom is -0.471 e. The molecule has 2 aromatic heterocycles. The van der Waals surface area contributed by atoms with Gasteiger partial charge in [0.2, 0.25) is 17.7 Å². The number of nitrogens with zero attached hydrogens (tertiary/aromatic N) is 3. The van der Waals surface area contributed by atoms with Crippen LogP contribution in [0.5, 0.6) is 5.88 Å². The molecule has 0 atom stereocenters. The summed E-state index contributed by atoms with van der Waals surface area (Å²) < 4.78 is 29.7. The van der Waals surface area contributed by atoms with Crippen LogP contribution in [0, 0.1) is 12.8 Å². The number of nitrogens with one attached hydrogen (secondary N) is 2. The number of carbonyl (C=O) groups is 2. The molecule has 2 heterocycles. The monoisotopic (exact) mass is 419 g/mol. The topological polar surface area (TPSA) is 106 Å². The molecular weight excluding hydrogens is 396 g/mol. The lowest BCUT2D eigenvalue weighted by Gasteiger charge is -2.11. The predicted octanol–water partition coefficient (Wildman–Crippen LogP) is 2.66. The highest BCUT2D eigenvalue weighted by atomic mass is 19.3. The first-order valence-corrected chi connectivity index (χ1v) is 9.69. The molecule has 2 amide bonds. The quantitative estimate of drug-likeness (QED) is 0.647. The van der Waals surface area contributed by atoms with Gasteiger partial charge in [-0.05, 0) is 43.9 Å². The first kappa shape index (κ1) is 21.5. The molecule has 1 fully saturated rings. The van der Waals surface area contributed by atoms with Gasteiger partial charge >= 0.3 is 0 Å². The number of alkyl halides is 2. The number of rotatable bonds is 9. The summed E-state index contributed by atoms with van der Waals surface area (Å²) >= 11 is 0. The van der Waals surface area contributed by atoms with Crippen LogP contribution in [0.4, 0.5) is 14.7 Å². The normalized spacial score (nSPS) is 13.2. The van der Waals surface area contributed by atoms with Crippen molar-refractivity contribution in [1.82, 2.24) is 20.3 Å². The molecule has 10 heteroatoms. The van der Waals surface area contributed by atoms with E-state index >= 15 is 0 Å². The molecule has 160 valence electrons. The van der Waals surface area contributed by atoms with Gasteiger partial charge in [-0.15, -0.1) is 0 Å². The first-order valence-electron chi connectivity index (χ1n) is 9.69. The van der Waals surface area contributed by atoms with Gasteiger partial charge in [0.1, 0.15) is 5.69 Å². The predicted molar refractivity (Wildman–Crippen MR) is 104 cm³/mol. The SMILES string of the molecule is CCc1cc(CNC(=O)c2cc(C)nc(NC(=O)C3CC3)n2)cnc1OCC(F)F. The van der Waals surface area contributed by atoms with Crippen LogP contribution in [-0.2, 0) is 17.8 Å². The van der Waals surface area contributed by atoms with Gasteiger partial charge in [0.25, 0.3) is 12.3 Å². The number of aromatic nitrogens is 3. The van der Waals surface area contributed by atoms with Crippen LogP contribution in [0.25, 0.3) is 0 Å². The standard InChI is InChI=1S/C20H23F2N5O3/c1-3-13-7-12(9-24-19(13)30-10-16(21)22)8-23-18(29)15-6-11(2)25-20(26-15)27-17(28)14-4-5-14/h6-7,9,14,16H,3-5,8,10H2,1-2H3,(H,23,29)(H,25,26,27,28). The molecule has 0 aromatic carbocycles. The van der Waals surface area contributed by atoms with Gasteiger partial charge in [-0.1, -0.05) is 6.92 Å². The zero-order valence-electron chi connectivity index (χ0n) is 16.7. The summed E-state index contributed by atoms with van der Waals surface area (Å²) in [5.74, 6) is -0.306. The van der Waals surface area contributed by atoms with Crippen molar-refractivity contribution in [2.45, 2.75) is 46.1 Å². The highest BCUT2D eigenvalue weighted by Crippen LogP contribution is 2.29. The van der Waals surface area contributed by atoms with Gasteiger partial charge in [-0.3, -0.25) is 14.9 Å². The van der Waals surface area contributed by atoms with Crippen LogP contribution in [0.15, 0.2) is 18.3 Å². The molecule has 3 rings (SSSR count). The molecule has 0 aliphatic heterocycles. The maximum atomic E-state index is 12.5. The van der Waals surface area contributed by atoms with Crippen molar-refractivity contribution in [3.8, 4) is 5.88 Å². The molecule has 1 saturated carbocycles. The number of halogens is 2. The van der Waals surface area contributed by atoms with Gasteiger partial charge in [-0.2, -0.15) is 0 Å². The summed E-state index contributed by atoms with van der Waals surface area (Å²) in [5.41, 5.74) is 2.05. The number of amides is 2. The largest absolute Gasteiger partial charge is 0.471 e. The van der Waals surface area contributed by atoms with E-state index in [1.54, 1.807) is 13.0 Å². The lowest BCUT2D eigenvalue weighted by atomic mass is 10.1. The number of carbonyl (C=O) groups excluding carboxylic acids is 2. The molecule has 2 aromatic rings. The Morgan fingerprint density at radius 3 is 2.70 bits per heavy atom. The molecule has 1 aliphatic carbocycles. The Balaban J connectivity index is 1.63. The van der Waals surface area contributed by atoms with Crippen molar-refractivity contribution < 1.29 is 23.1 Å². The molecular formula is C20H23F2N5O3. The maximum Gasteiger partial charge on any atom is 0.272 e. The van der Waals surface area contributed by atoms with Gasteiger partial charge in [0, 0.05) is 29.9 Å². The van der Waals surface area contributed by atoms with Crippen molar-refractivity contribution >= 4 is 17.8 Å². The van der Waals surface area contributed by atoms with E-state index in [-0.39, 0.29) is 35.9 Å². The Labute approximate surface area is 172 Å². The summed E-state index contributed by atoms with van der Waals surface area (Å²) in [4.78, 5) is 36.8. The fourth-order valence-corrected chi connectivity index (χ4v) is 2.74. The van der Waals surface area contributed by atoms with E-state index in [9.17, 15) is 18.4 Å². The third-order valence-electron chi connectivity index (χ3n) is 4.43. The molecule has 8 nitrogen and oxygen atoms in total. The van der Waals surface area contributed by atoms with Crippen LogP contribution in [0.1, 0.15) is 47.1 Å². The Morgan fingerprint density at radius 2 is 2.03 bits per heavy atom. The molecule has 0 unspecified atom stereocenters. The summed E-state index contributed by atoms with van der Waals surface area (Å²) in [6, 6.07) is 3.28. The summed E-state index contributed by atoms with van der Waals surface area (Å²) in [5, 5.41) is 5.37. The summed E-state index contributed by atoms with van der Waals surface area (Å²) in [6.07, 6.45) is 1.14. The van der Waals surface area contributed by atoms with E-state index in [4.69, 9.17) is 4.74 Å². The molecule has 0 bridgehead atoms. The minimum atomic E-state index is -2.58. The average Bonchev–Trinajstić information content (AvgIpc) is 3.55. The highest BCUT2D eigenvalue weighted by molar-refractivity contribution is 5.95. The number of hydrogen-bond acceptors (Lipinski definition) is 6. The number of pyridine rings is 1. The lowest BCUT2D eigenvalue weighted by molar-refractivity contribution is -0.117. The lowest BCUT2D eigenvalue weighted by Crippen LogP contribution is -2.25. The van der Waals surface area contributed by atoms with E-state index in [2.05, 4.69) is 25.6 Å². The van der Waals surface area contributed by atoms with Crippen LogP contribution in [0.2, 0.25) is 0 Å². The Morgan fingerprint density at radius 1 is 1.27 bits per heavy atom. The molecule has 2 N–H and O–H groups in total. The minimum absolute atomic E-state index is 0.000653. The van der Waals surface area contributed by atoms with Crippen molar-refractivity contribution in [2.75, 3.05) is 11.9 Å². The number of hydrogen-bond donors (Lipinski definition) is 2. The Bertz CT molecular complexity index is 935. The molecule has 1 aliphatic rings. The fraction of sp³-hybridized carbons (Fsp3) is 0.450. The van der Waals surface area contributed by atoms with Crippen LogP contribution >= 0.6 is 0 Å². The summed E-state index contributed by atoms with van der Waals surface area (Å²) in [7, 11) is 0. The van der Waals surface area contributed by atoms with E-state index in [1.807, 2.05) is 6.92 Å². The van der Waals surface area contributed by atoms with Gasteiger partial charge in [0.05, 0.1) is 0 Å². The Kier molecular flexibility index (Phi) is 6.86. The van der Waals surface area contributed by atoms with Crippen molar-refractivity contribution in [1.29, 1.82) is 0 Å². The second-order valence-electron chi connectivity index (χ2n) is 7.03. The van der Waals surface area contributed by atoms with Gasteiger partial charge < -0.3 is 10.1 Å². The van der Waals surface area contributed by atoms with E-state index in [0.29, 0.717) is 23.2 Å². The van der Waals surface area contributed by atoms with E-state index < -0.39 is 18.9 Å². The summed E-state index contributed by atoms with van der Waals surface area (Å²) in [6.45, 7) is 3.01. The number of ether oxygens (including phenoxy) is 1. The smallest absolute Gasteiger partial charge is 0.272 e. The third-order valence-corrected chi connectivity index (χ3v) is 4.43. The molecule has 0 radical (unpaired) electrons. The zero-order valence-corrected chi connectivity index (χ0v) is 16.7. The van der Waals surface area contributed by atoms with Crippen LogP contribution < -0.4 is 15.4 Å². The highest BCUT2D eigenvalue weighted by Gasteiger charge is 2.30. The number of aryl methyl sites for hydroxylation is 2. The van der Waals surface area contributed by atoms with Crippen molar-refractivity contribution in [3.05, 3.63) is 40.8 Å². The first-order chi connectivity index (χ1) is 14.4. The third kappa shape index (κ3) is 5.91. The van der Waals surface area contributed by atoms with E-state index in [1.165, 1.54) is 12.3 Å². The van der Waals surface area contributed by atoms with Gasteiger partial charge in [0.15, 0.2) is 6.61 Å². The van der Waals surface area contributed by atoms with Crippen molar-refractivity contribution in [2.24, 2.45) is 5.92 Å². The number of anilines is 1. The van der Waals surface area contributed by atoms with Gasteiger partial charge in [-0.25, -0.2) is 23.7 Å². The second-order valence-corrected chi connectivity index (χ2v) is 7.03. The average molecular weight is 419 g/mol. The molecule has 30 heavy (non-hydrogen) atoms. The van der Waals surface area contributed by atoms with E-state index in [0.717, 1.165) is 12.8 Å². The Hall–Kier alpha value is -3.17. The second kappa shape index (κ2) is 9.55. The van der Waals surface area contributed by atoms with Crippen LogP contribution in [-0.4, -0.2) is 39.8 Å². The van der Waals surface area contributed by atoms with Crippen LogP contribution in [0.3, 0.4) is 0 Å². The zero-order chi connectivity index (χ0) is 21.7. The maximum absolute atomic E-state index is 12.5. The fourth-order valence-electron chi connectivity index (χ4n) is 2.74. The molecule has 0 saturated heterocycles. The molecule has 0 spiro atoms.